The van der Waals surface area contributed by atoms with Gasteiger partial charge in [0.1, 0.15) is 11.3 Å². The van der Waals surface area contributed by atoms with Gasteiger partial charge in [-0.3, -0.25) is 19.9 Å². The van der Waals surface area contributed by atoms with Crippen molar-refractivity contribution in [3.63, 3.8) is 0 Å². The predicted octanol–water partition coefficient (Wildman–Crippen LogP) is 1.41. The number of pyridine rings is 1. The summed E-state index contributed by atoms with van der Waals surface area (Å²) >= 11 is 0. The molecule has 24 heavy (non-hydrogen) atoms. The molecule has 0 saturated carbocycles. The Morgan fingerprint density at radius 3 is 2.46 bits per heavy atom. The van der Waals surface area contributed by atoms with Gasteiger partial charge in [-0.15, -0.1) is 0 Å². The highest BCUT2D eigenvalue weighted by molar-refractivity contribution is 6.39. The van der Waals surface area contributed by atoms with Crippen molar-refractivity contribution in [2.75, 3.05) is 23.9 Å². The Balaban J connectivity index is 1.97. The number of aromatic nitrogens is 1. The number of urea groups is 1. The summed E-state index contributed by atoms with van der Waals surface area (Å²) < 4.78 is 5.52. The maximum absolute atomic E-state index is 12.6. The molecule has 4 amide bonds. The second-order valence-electron chi connectivity index (χ2n) is 5.23. The maximum Gasteiger partial charge on any atom is 0.335 e. The van der Waals surface area contributed by atoms with Crippen LogP contribution in [-0.4, -0.2) is 36.9 Å². The summed E-state index contributed by atoms with van der Waals surface area (Å²) in [6, 6.07) is 5.55. The number of nitrogens with one attached hydrogen (secondary N) is 1. The molecule has 0 bridgehead atoms. The Kier molecular flexibility index (Phi) is 3.87. The first-order valence-electron chi connectivity index (χ1n) is 7.06. The summed E-state index contributed by atoms with van der Waals surface area (Å²) in [5, 5.41) is 2.14. The van der Waals surface area contributed by atoms with Crippen LogP contribution in [0.4, 0.5) is 16.4 Å². The fourth-order valence-electron chi connectivity index (χ4n) is 2.19. The lowest BCUT2D eigenvalue weighted by molar-refractivity contribution is -0.122. The zero-order valence-electron chi connectivity index (χ0n) is 13.0. The van der Waals surface area contributed by atoms with Crippen LogP contribution < -0.4 is 15.1 Å². The number of anilines is 2. The molecular weight excluding hydrogens is 312 g/mol. The topological polar surface area (TPSA) is 95.8 Å². The van der Waals surface area contributed by atoms with E-state index in [1.54, 1.807) is 31.1 Å². The van der Waals surface area contributed by atoms with E-state index >= 15 is 0 Å². The highest BCUT2D eigenvalue weighted by atomic mass is 16.4. The molecule has 0 aliphatic carbocycles. The second-order valence-corrected chi connectivity index (χ2v) is 5.23. The maximum atomic E-state index is 12.6. The first-order valence-corrected chi connectivity index (χ1v) is 7.06. The van der Waals surface area contributed by atoms with Gasteiger partial charge in [0, 0.05) is 32.6 Å². The van der Waals surface area contributed by atoms with E-state index in [2.05, 4.69) is 10.3 Å². The van der Waals surface area contributed by atoms with Crippen molar-refractivity contribution in [2.45, 2.75) is 0 Å². The van der Waals surface area contributed by atoms with Gasteiger partial charge in [-0.1, -0.05) is 0 Å². The molecule has 2 aromatic rings. The van der Waals surface area contributed by atoms with Gasteiger partial charge < -0.3 is 9.32 Å². The molecule has 3 rings (SSSR count). The van der Waals surface area contributed by atoms with Crippen molar-refractivity contribution in [2.24, 2.45) is 0 Å². The summed E-state index contributed by atoms with van der Waals surface area (Å²) in [5.74, 6) is -0.579. The van der Waals surface area contributed by atoms with E-state index < -0.39 is 17.8 Å². The lowest BCUT2D eigenvalue weighted by Gasteiger charge is -2.25. The molecule has 1 fully saturated rings. The molecule has 0 spiro atoms. The molecule has 122 valence electrons. The lowest BCUT2D eigenvalue weighted by Crippen LogP contribution is -2.54. The van der Waals surface area contributed by atoms with E-state index in [9.17, 15) is 14.4 Å². The zero-order chi connectivity index (χ0) is 17.3. The van der Waals surface area contributed by atoms with Crippen molar-refractivity contribution in [1.29, 1.82) is 0 Å². The van der Waals surface area contributed by atoms with Gasteiger partial charge in [0.2, 0.25) is 0 Å². The molecule has 1 N–H and O–H groups in total. The molecule has 3 heterocycles. The van der Waals surface area contributed by atoms with Gasteiger partial charge in [-0.05, 0) is 24.3 Å². The van der Waals surface area contributed by atoms with Crippen LogP contribution in [-0.2, 0) is 9.59 Å². The van der Waals surface area contributed by atoms with Gasteiger partial charge in [-0.2, -0.15) is 0 Å². The summed E-state index contributed by atoms with van der Waals surface area (Å²) in [5.41, 5.74) is 0.130. The molecule has 8 nitrogen and oxygen atoms in total. The Morgan fingerprint density at radius 1 is 1.12 bits per heavy atom. The number of carbonyl (C=O) groups excluding carboxylic acids is 3. The standard InChI is InChI=1S/C16H14N4O4/c1-19(2)13-4-3-11(24-13)9-12-14(21)18-16(23)20(15(12)22)10-5-7-17-8-6-10/h3-9H,1-2H3,(H,18,21,23)/b12-9+. The summed E-state index contributed by atoms with van der Waals surface area (Å²) in [7, 11) is 3.61. The van der Waals surface area contributed by atoms with E-state index in [4.69, 9.17) is 4.42 Å². The van der Waals surface area contributed by atoms with Crippen LogP contribution in [0.2, 0.25) is 0 Å². The Hall–Kier alpha value is -3.42. The van der Waals surface area contributed by atoms with Crippen LogP contribution >= 0.6 is 0 Å². The van der Waals surface area contributed by atoms with Gasteiger partial charge in [0.15, 0.2) is 5.88 Å². The number of carbonyl (C=O) groups is 3. The number of rotatable bonds is 3. The van der Waals surface area contributed by atoms with Crippen molar-refractivity contribution in [3.8, 4) is 0 Å². The minimum atomic E-state index is -0.804. The highest BCUT2D eigenvalue weighted by Gasteiger charge is 2.37. The molecule has 8 heteroatoms. The normalized spacial score (nSPS) is 16.5. The van der Waals surface area contributed by atoms with Crippen LogP contribution in [0.25, 0.3) is 6.08 Å². The SMILES string of the molecule is CN(C)c1ccc(/C=C2\C(=O)NC(=O)N(c3ccncc3)C2=O)o1. The van der Waals surface area contributed by atoms with E-state index in [-0.39, 0.29) is 5.57 Å². The van der Waals surface area contributed by atoms with Gasteiger partial charge >= 0.3 is 6.03 Å². The van der Waals surface area contributed by atoms with Crippen molar-refractivity contribution >= 4 is 35.5 Å². The minimum Gasteiger partial charge on any atom is -0.441 e. The minimum absolute atomic E-state index is 0.189. The van der Waals surface area contributed by atoms with Crippen molar-refractivity contribution in [1.82, 2.24) is 10.3 Å². The Labute approximate surface area is 137 Å². The number of furan rings is 1. The zero-order valence-corrected chi connectivity index (χ0v) is 13.0. The third kappa shape index (κ3) is 2.76. The third-order valence-electron chi connectivity index (χ3n) is 3.36. The van der Waals surface area contributed by atoms with Crippen molar-refractivity contribution < 1.29 is 18.8 Å². The van der Waals surface area contributed by atoms with E-state index in [1.165, 1.54) is 30.6 Å². The fraction of sp³-hybridized carbons (Fsp3) is 0.125. The molecule has 0 aromatic carbocycles. The molecule has 1 saturated heterocycles. The quantitative estimate of drug-likeness (QED) is 0.677. The first kappa shape index (κ1) is 15.5. The van der Waals surface area contributed by atoms with Crippen LogP contribution in [0.15, 0.2) is 46.6 Å². The average Bonchev–Trinajstić information content (AvgIpc) is 3.01. The number of hydrogen-bond acceptors (Lipinski definition) is 6. The molecule has 1 aliphatic rings. The van der Waals surface area contributed by atoms with Gasteiger partial charge in [0.25, 0.3) is 11.8 Å². The number of imide groups is 2. The largest absolute Gasteiger partial charge is 0.441 e. The summed E-state index contributed by atoms with van der Waals surface area (Å²) in [6.45, 7) is 0. The lowest BCUT2D eigenvalue weighted by atomic mass is 10.1. The monoisotopic (exact) mass is 326 g/mol. The van der Waals surface area contributed by atoms with E-state index in [1.807, 2.05) is 0 Å². The smallest absolute Gasteiger partial charge is 0.335 e. The van der Waals surface area contributed by atoms with Crippen LogP contribution in [0, 0.1) is 0 Å². The fourth-order valence-corrected chi connectivity index (χ4v) is 2.19. The Bertz CT molecular complexity index is 839. The number of barbiturate groups is 1. The van der Waals surface area contributed by atoms with Gasteiger partial charge in [-0.25, -0.2) is 9.69 Å². The second kappa shape index (κ2) is 5.99. The Morgan fingerprint density at radius 2 is 1.83 bits per heavy atom. The molecule has 1 aliphatic heterocycles. The van der Waals surface area contributed by atoms with Crippen LogP contribution in [0.1, 0.15) is 5.76 Å². The van der Waals surface area contributed by atoms with Gasteiger partial charge in [0.05, 0.1) is 5.69 Å². The van der Waals surface area contributed by atoms with Crippen molar-refractivity contribution in [3.05, 3.63) is 48.0 Å². The van der Waals surface area contributed by atoms with Crippen LogP contribution in [0.5, 0.6) is 0 Å². The molecule has 0 radical (unpaired) electrons. The third-order valence-corrected chi connectivity index (χ3v) is 3.36. The van der Waals surface area contributed by atoms with E-state index in [0.29, 0.717) is 17.3 Å². The van der Waals surface area contributed by atoms with E-state index in [0.717, 1.165) is 4.90 Å². The first-order chi connectivity index (χ1) is 11.5. The van der Waals surface area contributed by atoms with Crippen LogP contribution in [0.3, 0.4) is 0 Å². The highest BCUT2D eigenvalue weighted by Crippen LogP contribution is 2.23. The number of hydrogen-bond donors (Lipinski definition) is 1. The summed E-state index contributed by atoms with van der Waals surface area (Å²) in [6.07, 6.45) is 4.21. The molecule has 0 unspecified atom stereocenters. The predicted molar refractivity (Wildman–Crippen MR) is 86.3 cm³/mol. The molecule has 0 atom stereocenters. The molecule has 2 aromatic heterocycles. The summed E-state index contributed by atoms with van der Waals surface area (Å²) in [4.78, 5) is 43.1. The average molecular weight is 326 g/mol. The molecular formula is C16H14N4O4. The number of amides is 4. The number of nitrogens with zero attached hydrogens (tertiary/aromatic N) is 3.